The Morgan fingerprint density at radius 3 is 1.38 bits per heavy atom. The topological polar surface area (TPSA) is 0 Å². The molecule has 0 bridgehead atoms. The Labute approximate surface area is 82.9 Å². The first kappa shape index (κ1) is 12.9. The fourth-order valence-electron chi connectivity index (χ4n) is 1.51. The van der Waals surface area contributed by atoms with Gasteiger partial charge in [-0.1, -0.05) is 64.7 Å². The second-order valence-corrected chi connectivity index (χ2v) is 3.72. The molecule has 1 radical (unpaired) electrons. The minimum Gasteiger partial charge on any atom is -0.251 e. The lowest BCUT2D eigenvalue weighted by atomic mass is 10.1. The lowest BCUT2D eigenvalue weighted by Gasteiger charge is -2.00. The van der Waals surface area contributed by atoms with Crippen molar-refractivity contribution in [3.05, 3.63) is 6.92 Å². The molecule has 0 aliphatic carbocycles. The Morgan fingerprint density at radius 1 is 0.615 bits per heavy atom. The minimum atomic E-state index is -0.135. The number of hydrogen-bond acceptors (Lipinski definition) is 0. The molecule has 13 heavy (non-hydrogen) atoms. The standard InChI is InChI=1S/C12H24F/c1-2-3-4-5-6-7-8-9-10-11-12-13/h1-12H2. The number of unbranched alkanes of at least 4 members (excludes halogenated alkanes) is 9. The van der Waals surface area contributed by atoms with Crippen molar-refractivity contribution in [3.63, 3.8) is 0 Å². The van der Waals surface area contributed by atoms with Crippen LogP contribution in [0.1, 0.15) is 64.2 Å². The summed E-state index contributed by atoms with van der Waals surface area (Å²) in [5.41, 5.74) is 0. The predicted octanol–water partition coefficient (Wildman–Crippen LogP) is 4.69. The molecule has 0 saturated heterocycles. The van der Waals surface area contributed by atoms with E-state index in [0.29, 0.717) is 0 Å². The first-order valence-corrected chi connectivity index (χ1v) is 5.77. The van der Waals surface area contributed by atoms with E-state index in [1.807, 2.05) is 0 Å². The Balaban J connectivity index is 2.76. The summed E-state index contributed by atoms with van der Waals surface area (Å²) in [5, 5.41) is 0. The summed E-state index contributed by atoms with van der Waals surface area (Å²) in [6, 6.07) is 0. The van der Waals surface area contributed by atoms with Crippen LogP contribution >= 0.6 is 0 Å². The quantitative estimate of drug-likeness (QED) is 0.435. The Morgan fingerprint density at radius 2 is 1.00 bits per heavy atom. The average molecular weight is 187 g/mol. The molecular weight excluding hydrogens is 163 g/mol. The van der Waals surface area contributed by atoms with Gasteiger partial charge in [0, 0.05) is 0 Å². The minimum absolute atomic E-state index is 0.135. The highest BCUT2D eigenvalue weighted by atomic mass is 19.1. The summed E-state index contributed by atoms with van der Waals surface area (Å²) in [6.45, 7) is 3.68. The van der Waals surface area contributed by atoms with E-state index in [1.165, 1.54) is 44.9 Å². The molecule has 0 aromatic heterocycles. The van der Waals surface area contributed by atoms with Crippen molar-refractivity contribution in [1.82, 2.24) is 0 Å². The second kappa shape index (κ2) is 11.9. The van der Waals surface area contributed by atoms with Gasteiger partial charge in [0.15, 0.2) is 0 Å². The first-order chi connectivity index (χ1) is 6.41. The van der Waals surface area contributed by atoms with Crippen LogP contribution in [0.2, 0.25) is 0 Å². The summed E-state index contributed by atoms with van der Waals surface area (Å²) in [6.07, 6.45) is 12.1. The van der Waals surface area contributed by atoms with Crippen LogP contribution < -0.4 is 0 Å². The van der Waals surface area contributed by atoms with Crippen LogP contribution in [0.15, 0.2) is 0 Å². The van der Waals surface area contributed by atoms with Crippen LogP contribution in [0.4, 0.5) is 4.39 Å². The lowest BCUT2D eigenvalue weighted by Crippen LogP contribution is -1.82. The van der Waals surface area contributed by atoms with Crippen molar-refractivity contribution in [2.75, 3.05) is 6.67 Å². The van der Waals surface area contributed by atoms with Crippen LogP contribution in [0.25, 0.3) is 0 Å². The largest absolute Gasteiger partial charge is 0.251 e. The average Bonchev–Trinajstić information content (AvgIpc) is 2.16. The second-order valence-electron chi connectivity index (χ2n) is 3.72. The van der Waals surface area contributed by atoms with Crippen LogP contribution in [-0.2, 0) is 0 Å². The van der Waals surface area contributed by atoms with Gasteiger partial charge in [-0.25, -0.2) is 0 Å². The van der Waals surface area contributed by atoms with E-state index in [2.05, 4.69) is 6.92 Å². The molecule has 0 aliphatic heterocycles. The monoisotopic (exact) mass is 187 g/mol. The molecule has 0 fully saturated rings. The third kappa shape index (κ3) is 11.9. The van der Waals surface area contributed by atoms with E-state index in [4.69, 9.17) is 0 Å². The number of halogens is 1. The van der Waals surface area contributed by atoms with Crippen LogP contribution in [0.3, 0.4) is 0 Å². The molecule has 0 saturated carbocycles. The smallest absolute Gasteiger partial charge is 0.0894 e. The van der Waals surface area contributed by atoms with Gasteiger partial charge < -0.3 is 0 Å². The molecule has 0 heterocycles. The highest BCUT2D eigenvalue weighted by Gasteiger charge is 1.91. The van der Waals surface area contributed by atoms with E-state index < -0.39 is 0 Å². The molecule has 0 aromatic carbocycles. The Kier molecular flexibility index (Phi) is 11.9. The number of hydrogen-bond donors (Lipinski definition) is 0. The van der Waals surface area contributed by atoms with Crippen molar-refractivity contribution in [3.8, 4) is 0 Å². The zero-order valence-corrected chi connectivity index (χ0v) is 8.86. The van der Waals surface area contributed by atoms with Gasteiger partial charge in [-0.3, -0.25) is 4.39 Å². The maximum Gasteiger partial charge on any atom is 0.0894 e. The Hall–Kier alpha value is -0.0700. The summed E-state index contributed by atoms with van der Waals surface area (Å²) in [4.78, 5) is 0. The van der Waals surface area contributed by atoms with Crippen molar-refractivity contribution in [2.24, 2.45) is 0 Å². The predicted molar refractivity (Wildman–Crippen MR) is 57.5 cm³/mol. The van der Waals surface area contributed by atoms with E-state index in [1.54, 1.807) is 0 Å². The molecule has 0 atom stereocenters. The van der Waals surface area contributed by atoms with Gasteiger partial charge in [-0.05, 0) is 6.42 Å². The van der Waals surface area contributed by atoms with Gasteiger partial charge in [0.25, 0.3) is 0 Å². The number of rotatable bonds is 10. The first-order valence-electron chi connectivity index (χ1n) is 5.77. The van der Waals surface area contributed by atoms with E-state index in [9.17, 15) is 4.39 Å². The van der Waals surface area contributed by atoms with Crippen molar-refractivity contribution in [2.45, 2.75) is 64.2 Å². The summed E-state index contributed by atoms with van der Waals surface area (Å²) >= 11 is 0. The van der Waals surface area contributed by atoms with Crippen LogP contribution in [0.5, 0.6) is 0 Å². The summed E-state index contributed by atoms with van der Waals surface area (Å²) < 4.78 is 11.7. The third-order valence-electron chi connectivity index (χ3n) is 2.38. The van der Waals surface area contributed by atoms with E-state index in [0.717, 1.165) is 19.3 Å². The zero-order chi connectivity index (χ0) is 9.78. The molecule has 0 spiro atoms. The highest BCUT2D eigenvalue weighted by Crippen LogP contribution is 2.10. The maximum absolute atomic E-state index is 11.7. The third-order valence-corrected chi connectivity index (χ3v) is 2.38. The molecule has 1 heteroatoms. The molecular formula is C12H24F. The van der Waals surface area contributed by atoms with Gasteiger partial charge in [-0.15, -0.1) is 0 Å². The normalized spacial score (nSPS) is 10.6. The van der Waals surface area contributed by atoms with Crippen LogP contribution in [-0.4, -0.2) is 6.67 Å². The van der Waals surface area contributed by atoms with Crippen molar-refractivity contribution < 1.29 is 4.39 Å². The molecule has 0 amide bonds. The van der Waals surface area contributed by atoms with Gasteiger partial charge in [0.1, 0.15) is 0 Å². The number of alkyl halides is 1. The SMILES string of the molecule is [CH2]CCCCCCCCCCCF. The van der Waals surface area contributed by atoms with E-state index >= 15 is 0 Å². The Bertz CT molecular complexity index is 71.2. The molecule has 79 valence electrons. The zero-order valence-electron chi connectivity index (χ0n) is 8.86. The fraction of sp³-hybridized carbons (Fsp3) is 0.917. The lowest BCUT2D eigenvalue weighted by molar-refractivity contribution is 0.449. The van der Waals surface area contributed by atoms with Crippen molar-refractivity contribution >= 4 is 0 Å². The van der Waals surface area contributed by atoms with Gasteiger partial charge in [-0.2, -0.15) is 0 Å². The highest BCUT2D eigenvalue weighted by molar-refractivity contribution is 4.48. The molecule has 0 aliphatic rings. The summed E-state index contributed by atoms with van der Waals surface area (Å²) in [5.74, 6) is 0. The van der Waals surface area contributed by atoms with Crippen molar-refractivity contribution in [1.29, 1.82) is 0 Å². The maximum atomic E-state index is 11.7. The molecule has 0 N–H and O–H groups in total. The van der Waals surface area contributed by atoms with Crippen LogP contribution in [0, 0.1) is 6.92 Å². The molecule has 0 aromatic rings. The molecule has 0 nitrogen and oxygen atoms in total. The summed E-state index contributed by atoms with van der Waals surface area (Å²) in [7, 11) is 0. The fourth-order valence-corrected chi connectivity index (χ4v) is 1.51. The molecule has 0 unspecified atom stereocenters. The van der Waals surface area contributed by atoms with Gasteiger partial charge in [0.2, 0.25) is 0 Å². The van der Waals surface area contributed by atoms with Gasteiger partial charge >= 0.3 is 0 Å². The molecule has 0 rings (SSSR count). The van der Waals surface area contributed by atoms with Gasteiger partial charge in [0.05, 0.1) is 6.67 Å². The van der Waals surface area contributed by atoms with E-state index in [-0.39, 0.29) is 6.67 Å².